The molecule has 5 rings (SSSR count). The van der Waals surface area contributed by atoms with Crippen molar-refractivity contribution in [2.75, 3.05) is 4.90 Å². The highest BCUT2D eigenvalue weighted by atomic mass is 15.1. The molecule has 4 aromatic carbocycles. The fourth-order valence-corrected chi connectivity index (χ4v) is 3.96. The van der Waals surface area contributed by atoms with Crippen molar-refractivity contribution in [2.24, 2.45) is 0 Å². The first-order valence-electron chi connectivity index (χ1n) is 10.1. The van der Waals surface area contributed by atoms with Crippen LogP contribution in [-0.4, -0.2) is 0 Å². The molecule has 29 heavy (non-hydrogen) atoms. The average Bonchev–Trinajstić information content (AvgIpc) is 2.77. The second-order valence-electron chi connectivity index (χ2n) is 7.50. The number of aryl methyl sites for hydroxylation is 2. The quantitative estimate of drug-likeness (QED) is 0.349. The summed E-state index contributed by atoms with van der Waals surface area (Å²) in [5.74, 6) is 0. The van der Waals surface area contributed by atoms with Crippen LogP contribution in [-0.2, 0) is 12.8 Å². The fourth-order valence-electron chi connectivity index (χ4n) is 3.96. The number of hydrogen-bond acceptors (Lipinski definition) is 1. The number of benzene rings is 4. The van der Waals surface area contributed by atoms with Crippen molar-refractivity contribution in [3.05, 3.63) is 120 Å². The van der Waals surface area contributed by atoms with E-state index in [4.69, 9.17) is 0 Å². The molecule has 0 bridgehead atoms. The molecule has 0 aromatic heterocycles. The predicted octanol–water partition coefficient (Wildman–Crippen LogP) is 7.57. The lowest BCUT2D eigenvalue weighted by Gasteiger charge is -2.28. The molecule has 1 aliphatic rings. The zero-order chi connectivity index (χ0) is 19.6. The van der Waals surface area contributed by atoms with Gasteiger partial charge in [-0.15, -0.1) is 0 Å². The van der Waals surface area contributed by atoms with Crippen molar-refractivity contribution < 1.29 is 0 Å². The van der Waals surface area contributed by atoms with Crippen LogP contribution >= 0.6 is 0 Å². The van der Waals surface area contributed by atoms with Gasteiger partial charge in [0.25, 0.3) is 0 Å². The van der Waals surface area contributed by atoms with Gasteiger partial charge in [-0.3, -0.25) is 0 Å². The Hall–Kier alpha value is -3.58. The molecular formula is C28H23N. The number of hydrogen-bond donors (Lipinski definition) is 0. The molecule has 1 aliphatic carbocycles. The van der Waals surface area contributed by atoms with E-state index in [1.165, 1.54) is 52.2 Å². The van der Waals surface area contributed by atoms with Crippen LogP contribution in [0.5, 0.6) is 0 Å². The smallest absolute Gasteiger partial charge is 0.0464 e. The lowest BCUT2D eigenvalue weighted by molar-refractivity contribution is 0.839. The van der Waals surface area contributed by atoms with Gasteiger partial charge in [0, 0.05) is 17.1 Å². The van der Waals surface area contributed by atoms with Crippen molar-refractivity contribution in [3.63, 3.8) is 0 Å². The van der Waals surface area contributed by atoms with Gasteiger partial charge in [0.2, 0.25) is 0 Å². The van der Waals surface area contributed by atoms with Gasteiger partial charge in [0.05, 0.1) is 0 Å². The van der Waals surface area contributed by atoms with Crippen LogP contribution in [0.2, 0.25) is 0 Å². The lowest BCUT2D eigenvalue weighted by Crippen LogP contribution is -2.13. The number of fused-ring (bicyclic) bond motifs is 1. The third-order valence-electron chi connectivity index (χ3n) is 5.73. The SMILES string of the molecule is C=Cc1ccc(-c2ccc(N(c3ccccc3)c3ccc4c(c3)CC4)cc2)cc1. The largest absolute Gasteiger partial charge is 0.310 e. The molecule has 0 saturated carbocycles. The van der Waals surface area contributed by atoms with Crippen LogP contribution in [0.1, 0.15) is 16.7 Å². The van der Waals surface area contributed by atoms with E-state index in [9.17, 15) is 0 Å². The maximum atomic E-state index is 3.83. The predicted molar refractivity (Wildman–Crippen MR) is 124 cm³/mol. The number of nitrogens with zero attached hydrogens (tertiary/aromatic N) is 1. The summed E-state index contributed by atoms with van der Waals surface area (Å²) in [6.07, 6.45) is 4.27. The number of rotatable bonds is 5. The molecule has 0 aliphatic heterocycles. The van der Waals surface area contributed by atoms with Crippen LogP contribution in [0.3, 0.4) is 0 Å². The van der Waals surface area contributed by atoms with Gasteiger partial charge in [-0.05, 0) is 77.1 Å². The highest BCUT2D eigenvalue weighted by Crippen LogP contribution is 2.38. The first-order chi connectivity index (χ1) is 14.3. The zero-order valence-corrected chi connectivity index (χ0v) is 16.4. The Morgan fingerprint density at radius 3 is 1.76 bits per heavy atom. The maximum Gasteiger partial charge on any atom is 0.0464 e. The van der Waals surface area contributed by atoms with Crippen LogP contribution < -0.4 is 4.90 Å². The summed E-state index contributed by atoms with van der Waals surface area (Å²) in [6, 6.07) is 34.8. The highest BCUT2D eigenvalue weighted by Gasteiger charge is 2.17. The van der Waals surface area contributed by atoms with Crippen LogP contribution in [0.4, 0.5) is 17.1 Å². The molecule has 0 radical (unpaired) electrons. The van der Waals surface area contributed by atoms with E-state index in [-0.39, 0.29) is 0 Å². The average molecular weight is 373 g/mol. The monoisotopic (exact) mass is 373 g/mol. The summed E-state index contributed by atoms with van der Waals surface area (Å²) >= 11 is 0. The van der Waals surface area contributed by atoms with Gasteiger partial charge in [-0.25, -0.2) is 0 Å². The summed E-state index contributed by atoms with van der Waals surface area (Å²) in [4.78, 5) is 2.34. The second-order valence-corrected chi connectivity index (χ2v) is 7.50. The van der Waals surface area contributed by atoms with E-state index < -0.39 is 0 Å². The summed E-state index contributed by atoms with van der Waals surface area (Å²) in [6.45, 7) is 3.83. The fraction of sp³-hybridized carbons (Fsp3) is 0.0714. The van der Waals surface area contributed by atoms with E-state index in [0.29, 0.717) is 0 Å². The lowest BCUT2D eigenvalue weighted by atomic mass is 9.88. The van der Waals surface area contributed by atoms with Crippen LogP contribution in [0.15, 0.2) is 104 Å². The third kappa shape index (κ3) is 3.36. The Morgan fingerprint density at radius 1 is 0.586 bits per heavy atom. The standard InChI is InChI=1S/C28H23N/c1-2-21-8-10-22(11-9-21)23-14-17-27(18-15-23)29(26-6-4-3-5-7-26)28-19-16-24-12-13-25(24)20-28/h2-11,14-20H,1,12-13H2. The topological polar surface area (TPSA) is 3.24 Å². The normalized spacial score (nSPS) is 12.0. The first kappa shape index (κ1) is 17.5. The number of anilines is 3. The zero-order valence-electron chi connectivity index (χ0n) is 16.4. The minimum absolute atomic E-state index is 1.14. The Kier molecular flexibility index (Phi) is 4.50. The Morgan fingerprint density at radius 2 is 1.17 bits per heavy atom. The summed E-state index contributed by atoms with van der Waals surface area (Å²) in [5, 5.41) is 0. The highest BCUT2D eigenvalue weighted by molar-refractivity contribution is 5.79. The molecule has 0 spiro atoms. The third-order valence-corrected chi connectivity index (χ3v) is 5.73. The molecule has 0 atom stereocenters. The van der Waals surface area contributed by atoms with Crippen LogP contribution in [0, 0.1) is 0 Å². The first-order valence-corrected chi connectivity index (χ1v) is 10.1. The molecule has 0 heterocycles. The summed E-state index contributed by atoms with van der Waals surface area (Å²) in [5.41, 5.74) is 10.1. The van der Waals surface area contributed by atoms with Crippen molar-refractivity contribution >= 4 is 23.1 Å². The van der Waals surface area contributed by atoms with E-state index >= 15 is 0 Å². The Labute approximate surface area is 172 Å². The minimum Gasteiger partial charge on any atom is -0.310 e. The minimum atomic E-state index is 1.14. The summed E-state index contributed by atoms with van der Waals surface area (Å²) in [7, 11) is 0. The molecule has 0 unspecified atom stereocenters. The number of para-hydroxylation sites is 1. The molecule has 1 heteroatoms. The van der Waals surface area contributed by atoms with E-state index in [0.717, 1.165) is 5.56 Å². The van der Waals surface area contributed by atoms with Gasteiger partial charge in [-0.1, -0.05) is 73.3 Å². The van der Waals surface area contributed by atoms with Crippen LogP contribution in [0.25, 0.3) is 17.2 Å². The Balaban J connectivity index is 1.53. The van der Waals surface area contributed by atoms with Crippen molar-refractivity contribution in [2.45, 2.75) is 12.8 Å². The maximum absolute atomic E-state index is 3.83. The molecule has 1 nitrogen and oxygen atoms in total. The van der Waals surface area contributed by atoms with Gasteiger partial charge in [-0.2, -0.15) is 0 Å². The van der Waals surface area contributed by atoms with Gasteiger partial charge < -0.3 is 4.90 Å². The van der Waals surface area contributed by atoms with Crippen molar-refractivity contribution in [1.29, 1.82) is 0 Å². The molecule has 140 valence electrons. The molecular weight excluding hydrogens is 350 g/mol. The van der Waals surface area contributed by atoms with Gasteiger partial charge >= 0.3 is 0 Å². The van der Waals surface area contributed by atoms with Gasteiger partial charge in [0.15, 0.2) is 0 Å². The summed E-state index contributed by atoms with van der Waals surface area (Å²) < 4.78 is 0. The molecule has 4 aromatic rings. The molecule has 0 saturated heterocycles. The second kappa shape index (κ2) is 7.44. The van der Waals surface area contributed by atoms with E-state index in [1.54, 1.807) is 0 Å². The Bertz CT molecular complexity index is 1140. The van der Waals surface area contributed by atoms with Crippen molar-refractivity contribution in [1.82, 2.24) is 0 Å². The van der Waals surface area contributed by atoms with E-state index in [2.05, 4.69) is 109 Å². The molecule has 0 amide bonds. The van der Waals surface area contributed by atoms with Crippen molar-refractivity contribution in [3.8, 4) is 11.1 Å². The van der Waals surface area contributed by atoms with Gasteiger partial charge in [0.1, 0.15) is 0 Å². The molecule has 0 N–H and O–H groups in total. The van der Waals surface area contributed by atoms with E-state index in [1.807, 2.05) is 6.08 Å². The molecule has 0 fully saturated rings.